The van der Waals surface area contributed by atoms with Crippen LogP contribution in [0.4, 0.5) is 0 Å². The second-order valence-electron chi connectivity index (χ2n) is 2.39. The van der Waals surface area contributed by atoms with Gasteiger partial charge in [0.05, 0.1) is 0 Å². The molecule has 0 bridgehead atoms. The summed E-state index contributed by atoms with van der Waals surface area (Å²) in [5.74, 6) is 0. The van der Waals surface area contributed by atoms with Gasteiger partial charge in [0.1, 0.15) is 0 Å². The van der Waals surface area contributed by atoms with Gasteiger partial charge in [-0.3, -0.25) is 0 Å². The normalized spacial score (nSPS) is 12.5. The maximum atomic E-state index is 2.20. The lowest BCUT2D eigenvalue weighted by Crippen LogP contribution is -1.60. The molecule has 0 amide bonds. The van der Waals surface area contributed by atoms with E-state index in [0.717, 1.165) is 19.3 Å². The van der Waals surface area contributed by atoms with Crippen LogP contribution in [0.3, 0.4) is 0 Å². The number of rotatable bonds is 5. The minimum atomic E-state index is 1.07. The van der Waals surface area contributed by atoms with Gasteiger partial charge in [-0.25, -0.2) is 0 Å². The number of hydrogen-bond donors (Lipinski definition) is 0. The first kappa shape index (κ1) is 10.2. The maximum absolute atomic E-state index is 2.20. The van der Waals surface area contributed by atoms with Crippen LogP contribution in [0, 0.1) is 0 Å². The molecule has 0 aromatic rings. The summed E-state index contributed by atoms with van der Waals surface area (Å²) in [6.07, 6.45) is 16.3. The summed E-state index contributed by atoms with van der Waals surface area (Å²) in [6, 6.07) is 0. The fraction of sp³-hybridized carbons (Fsp3) is 0.455. The fourth-order valence-electron chi connectivity index (χ4n) is 0.749. The molecule has 0 N–H and O–H groups in total. The minimum absolute atomic E-state index is 1.07. The zero-order chi connectivity index (χ0) is 8.36. The highest BCUT2D eigenvalue weighted by atomic mass is 13.8. The van der Waals surface area contributed by atoms with Crippen molar-refractivity contribution >= 4 is 0 Å². The van der Waals surface area contributed by atoms with Crippen LogP contribution < -0.4 is 0 Å². The molecule has 0 radical (unpaired) electrons. The fourth-order valence-corrected chi connectivity index (χ4v) is 0.749. The first-order valence-corrected chi connectivity index (χ1v) is 4.33. The number of hydrogen-bond acceptors (Lipinski definition) is 0. The van der Waals surface area contributed by atoms with Gasteiger partial charge in [-0.15, -0.1) is 0 Å². The molecule has 0 aliphatic rings. The van der Waals surface area contributed by atoms with Gasteiger partial charge in [-0.1, -0.05) is 43.4 Å². The van der Waals surface area contributed by atoms with Crippen molar-refractivity contribution < 1.29 is 0 Å². The third kappa shape index (κ3) is 9.22. The molecule has 0 saturated heterocycles. The Labute approximate surface area is 70.3 Å². The Bertz CT molecular complexity index is 138. The molecule has 0 rings (SSSR count). The average Bonchev–Trinajstić information content (AvgIpc) is 2.03. The Morgan fingerprint density at radius 2 is 1.36 bits per heavy atom. The largest absolute Gasteiger partial charge is 0.0914 e. The Morgan fingerprint density at radius 1 is 0.818 bits per heavy atom. The van der Waals surface area contributed by atoms with Crippen molar-refractivity contribution in [2.24, 2.45) is 0 Å². The third-order valence-corrected chi connectivity index (χ3v) is 1.35. The summed E-state index contributed by atoms with van der Waals surface area (Å²) in [5.41, 5.74) is 0. The summed E-state index contributed by atoms with van der Waals surface area (Å²) in [6.45, 7) is 4.20. The van der Waals surface area contributed by atoms with Crippen molar-refractivity contribution in [2.45, 2.75) is 33.1 Å². The van der Waals surface area contributed by atoms with Crippen LogP contribution >= 0.6 is 0 Å². The Balaban J connectivity index is 3.23. The van der Waals surface area contributed by atoms with E-state index in [0.29, 0.717) is 0 Å². The molecule has 0 aliphatic heterocycles. The van der Waals surface area contributed by atoms with Crippen LogP contribution in [0.5, 0.6) is 0 Å². The van der Waals surface area contributed by atoms with Crippen LogP contribution in [0.2, 0.25) is 0 Å². The van der Waals surface area contributed by atoms with E-state index in [1.54, 1.807) is 0 Å². The molecule has 0 spiro atoms. The minimum Gasteiger partial charge on any atom is -0.0914 e. The molecule has 62 valence electrons. The molecular weight excluding hydrogens is 132 g/mol. The molecule has 0 aliphatic carbocycles. The molecular formula is C11H18. The van der Waals surface area contributed by atoms with E-state index in [-0.39, 0.29) is 0 Å². The average molecular weight is 150 g/mol. The van der Waals surface area contributed by atoms with Crippen LogP contribution in [0.15, 0.2) is 36.5 Å². The SMILES string of the molecule is C/C=C/C/C=C/CC=CCC. The molecule has 11 heavy (non-hydrogen) atoms. The summed E-state index contributed by atoms with van der Waals surface area (Å²) < 4.78 is 0. The van der Waals surface area contributed by atoms with Crippen molar-refractivity contribution in [1.82, 2.24) is 0 Å². The van der Waals surface area contributed by atoms with Crippen molar-refractivity contribution in [3.05, 3.63) is 36.5 Å². The van der Waals surface area contributed by atoms with Gasteiger partial charge in [-0.05, 0) is 26.2 Å². The van der Waals surface area contributed by atoms with Crippen LogP contribution in [0.25, 0.3) is 0 Å². The topological polar surface area (TPSA) is 0 Å². The van der Waals surface area contributed by atoms with Crippen LogP contribution in [-0.2, 0) is 0 Å². The Hall–Kier alpha value is -0.780. The molecule has 0 heteroatoms. The van der Waals surface area contributed by atoms with E-state index in [9.17, 15) is 0 Å². The van der Waals surface area contributed by atoms with Gasteiger partial charge in [-0.2, -0.15) is 0 Å². The van der Waals surface area contributed by atoms with E-state index in [1.165, 1.54) is 0 Å². The highest BCUT2D eigenvalue weighted by molar-refractivity contribution is 4.96. The quantitative estimate of drug-likeness (QED) is 0.522. The van der Waals surface area contributed by atoms with Gasteiger partial charge in [0.2, 0.25) is 0 Å². The summed E-state index contributed by atoms with van der Waals surface area (Å²) in [7, 11) is 0. The van der Waals surface area contributed by atoms with Gasteiger partial charge in [0.15, 0.2) is 0 Å². The summed E-state index contributed by atoms with van der Waals surface area (Å²) in [5, 5.41) is 0. The second kappa shape index (κ2) is 9.22. The monoisotopic (exact) mass is 150 g/mol. The van der Waals surface area contributed by atoms with E-state index < -0.39 is 0 Å². The van der Waals surface area contributed by atoms with Gasteiger partial charge >= 0.3 is 0 Å². The highest BCUT2D eigenvalue weighted by Crippen LogP contribution is 1.91. The van der Waals surface area contributed by atoms with Crippen molar-refractivity contribution in [2.75, 3.05) is 0 Å². The molecule has 0 fully saturated rings. The van der Waals surface area contributed by atoms with Crippen molar-refractivity contribution in [1.29, 1.82) is 0 Å². The first-order valence-electron chi connectivity index (χ1n) is 4.33. The first-order chi connectivity index (χ1) is 5.41. The molecule has 0 aromatic heterocycles. The van der Waals surface area contributed by atoms with Gasteiger partial charge in [0, 0.05) is 0 Å². The Kier molecular flexibility index (Phi) is 8.57. The highest BCUT2D eigenvalue weighted by Gasteiger charge is 1.70. The Morgan fingerprint density at radius 3 is 1.91 bits per heavy atom. The molecule has 0 nitrogen and oxygen atoms in total. The lowest BCUT2D eigenvalue weighted by Gasteiger charge is -1.81. The lowest BCUT2D eigenvalue weighted by molar-refractivity contribution is 1.19. The lowest BCUT2D eigenvalue weighted by atomic mass is 10.3. The maximum Gasteiger partial charge on any atom is -0.0169 e. The van der Waals surface area contributed by atoms with E-state index in [2.05, 4.69) is 43.4 Å². The second-order valence-corrected chi connectivity index (χ2v) is 2.39. The number of allylic oxidation sites excluding steroid dienone is 6. The molecule has 0 aromatic carbocycles. The zero-order valence-electron chi connectivity index (χ0n) is 7.59. The molecule has 0 atom stereocenters. The van der Waals surface area contributed by atoms with Crippen molar-refractivity contribution in [3.8, 4) is 0 Å². The van der Waals surface area contributed by atoms with Gasteiger partial charge < -0.3 is 0 Å². The predicted octanol–water partition coefficient (Wildman–Crippen LogP) is 3.87. The standard InChI is InChI=1S/C11H18/c1-3-5-7-9-11-10-8-6-4-2/h3,5-6,8-9,11H,4,7,10H2,1-2H3/b5-3+,8-6?,11-9+. The van der Waals surface area contributed by atoms with Gasteiger partial charge in [0.25, 0.3) is 0 Å². The van der Waals surface area contributed by atoms with Crippen LogP contribution in [-0.4, -0.2) is 0 Å². The van der Waals surface area contributed by atoms with E-state index in [1.807, 2.05) is 6.92 Å². The zero-order valence-corrected chi connectivity index (χ0v) is 7.59. The summed E-state index contributed by atoms with van der Waals surface area (Å²) in [4.78, 5) is 0. The van der Waals surface area contributed by atoms with E-state index >= 15 is 0 Å². The third-order valence-electron chi connectivity index (χ3n) is 1.35. The predicted molar refractivity (Wildman–Crippen MR) is 52.6 cm³/mol. The smallest absolute Gasteiger partial charge is 0.0169 e. The molecule has 0 saturated carbocycles. The molecule has 0 unspecified atom stereocenters. The molecule has 0 heterocycles. The van der Waals surface area contributed by atoms with E-state index in [4.69, 9.17) is 0 Å². The van der Waals surface area contributed by atoms with Crippen LogP contribution in [0.1, 0.15) is 33.1 Å². The summed E-state index contributed by atoms with van der Waals surface area (Å²) >= 11 is 0. The van der Waals surface area contributed by atoms with Crippen molar-refractivity contribution in [3.63, 3.8) is 0 Å².